The number of hydrogen-bond acceptors (Lipinski definition) is 5. The van der Waals surface area contributed by atoms with E-state index >= 15 is 0 Å². The van der Waals surface area contributed by atoms with Crippen molar-refractivity contribution < 1.29 is 9.47 Å². The Morgan fingerprint density at radius 3 is 2.68 bits per heavy atom. The number of nitrogens with one attached hydrogen (secondary N) is 1. The van der Waals surface area contributed by atoms with Crippen molar-refractivity contribution in [1.29, 1.82) is 0 Å². The van der Waals surface area contributed by atoms with Crippen LogP contribution in [0.2, 0.25) is 0 Å². The van der Waals surface area contributed by atoms with E-state index in [0.29, 0.717) is 12.8 Å². The van der Waals surface area contributed by atoms with E-state index in [4.69, 9.17) is 9.47 Å². The van der Waals surface area contributed by atoms with Crippen LogP contribution in [-0.4, -0.2) is 55.9 Å². The number of hydrogen-bond donors (Lipinski definition) is 1. The van der Waals surface area contributed by atoms with Gasteiger partial charge in [0.25, 0.3) is 0 Å². The highest BCUT2D eigenvalue weighted by Crippen LogP contribution is 2.39. The van der Waals surface area contributed by atoms with Gasteiger partial charge in [-0.3, -0.25) is 4.90 Å². The Morgan fingerprint density at radius 1 is 1.14 bits per heavy atom. The third kappa shape index (κ3) is 2.57. The molecule has 1 saturated heterocycles. The van der Waals surface area contributed by atoms with Gasteiger partial charge in [-0.15, -0.1) is 0 Å². The van der Waals surface area contributed by atoms with Crippen LogP contribution in [0.15, 0.2) is 12.1 Å². The first-order valence-corrected chi connectivity index (χ1v) is 8.44. The van der Waals surface area contributed by atoms with Crippen LogP contribution in [0.1, 0.15) is 30.5 Å². The second kappa shape index (κ2) is 6.07. The molecule has 0 aromatic heterocycles. The van der Waals surface area contributed by atoms with Gasteiger partial charge in [-0.2, -0.15) is 0 Å². The van der Waals surface area contributed by atoms with E-state index in [-0.39, 0.29) is 0 Å². The second-order valence-electron chi connectivity index (χ2n) is 6.43. The molecule has 0 aliphatic carbocycles. The van der Waals surface area contributed by atoms with Crippen molar-refractivity contribution in [2.24, 2.45) is 0 Å². The molecule has 0 unspecified atom stereocenters. The van der Waals surface area contributed by atoms with E-state index in [1.165, 1.54) is 37.2 Å². The van der Waals surface area contributed by atoms with Crippen LogP contribution in [0.4, 0.5) is 0 Å². The van der Waals surface area contributed by atoms with Crippen LogP contribution < -0.4 is 14.8 Å². The maximum absolute atomic E-state index is 5.58. The van der Waals surface area contributed by atoms with Gasteiger partial charge in [0.1, 0.15) is 0 Å². The quantitative estimate of drug-likeness (QED) is 0.918. The van der Waals surface area contributed by atoms with E-state index in [1.807, 2.05) is 0 Å². The molecule has 3 aliphatic rings. The van der Waals surface area contributed by atoms with Crippen molar-refractivity contribution in [1.82, 2.24) is 15.1 Å². The van der Waals surface area contributed by atoms with Crippen LogP contribution >= 0.6 is 0 Å². The third-order valence-electron chi connectivity index (χ3n) is 5.03. The van der Waals surface area contributed by atoms with Crippen molar-refractivity contribution in [3.8, 4) is 11.5 Å². The van der Waals surface area contributed by atoms with Gasteiger partial charge in [-0.25, -0.2) is 0 Å². The van der Waals surface area contributed by atoms with Crippen LogP contribution in [0, 0.1) is 0 Å². The molecule has 5 nitrogen and oxygen atoms in total. The predicted molar refractivity (Wildman–Crippen MR) is 85.3 cm³/mol. The normalized spacial score (nSPS) is 25.2. The average Bonchev–Trinajstić information content (AvgIpc) is 3.00. The minimum absolute atomic E-state index is 0.353. The molecular formula is C17H25N3O2. The van der Waals surface area contributed by atoms with Gasteiger partial charge in [0, 0.05) is 45.3 Å². The predicted octanol–water partition coefficient (Wildman–Crippen LogP) is 1.59. The molecule has 4 rings (SSSR count). The Morgan fingerprint density at radius 2 is 1.91 bits per heavy atom. The number of piperazine rings is 1. The van der Waals surface area contributed by atoms with Gasteiger partial charge < -0.3 is 19.7 Å². The van der Waals surface area contributed by atoms with Crippen molar-refractivity contribution in [3.63, 3.8) is 0 Å². The fourth-order valence-electron chi connectivity index (χ4n) is 3.86. The fraction of sp³-hybridized carbons (Fsp3) is 0.647. The number of rotatable bonds is 3. The first kappa shape index (κ1) is 14.3. The van der Waals surface area contributed by atoms with Crippen molar-refractivity contribution in [2.75, 3.05) is 46.1 Å². The summed E-state index contributed by atoms with van der Waals surface area (Å²) in [5.41, 5.74) is 2.78. The molecule has 0 saturated carbocycles. The first-order valence-electron chi connectivity index (χ1n) is 8.44. The van der Waals surface area contributed by atoms with E-state index in [1.54, 1.807) is 0 Å². The minimum Gasteiger partial charge on any atom is -0.454 e. The Labute approximate surface area is 132 Å². The molecule has 1 fully saturated rings. The molecule has 0 radical (unpaired) electrons. The minimum atomic E-state index is 0.353. The maximum Gasteiger partial charge on any atom is 0.231 e. The summed E-state index contributed by atoms with van der Waals surface area (Å²) in [4.78, 5) is 5.20. The molecule has 0 amide bonds. The second-order valence-corrected chi connectivity index (χ2v) is 6.43. The molecular weight excluding hydrogens is 278 g/mol. The molecule has 0 spiro atoms. The molecule has 120 valence electrons. The standard InChI is InChI=1S/C17H25N3O2/c1-2-3-19-4-6-20(7-5-19)15-11-18-10-13-8-16-17(9-14(13)15)22-12-21-16/h8-9,15,18H,2-7,10-12H2,1H3/t15-/m0/s1. The van der Waals surface area contributed by atoms with Gasteiger partial charge >= 0.3 is 0 Å². The zero-order valence-electron chi connectivity index (χ0n) is 13.3. The highest BCUT2D eigenvalue weighted by atomic mass is 16.7. The SMILES string of the molecule is CCCN1CCN([C@H]2CNCc3cc4c(cc32)OCO4)CC1. The van der Waals surface area contributed by atoms with Gasteiger partial charge in [-0.05, 0) is 36.2 Å². The van der Waals surface area contributed by atoms with Crippen molar-refractivity contribution in [3.05, 3.63) is 23.3 Å². The highest BCUT2D eigenvalue weighted by Gasteiger charge is 2.30. The van der Waals surface area contributed by atoms with E-state index in [9.17, 15) is 0 Å². The molecule has 1 aromatic rings. The largest absolute Gasteiger partial charge is 0.454 e. The molecule has 3 heterocycles. The molecule has 22 heavy (non-hydrogen) atoms. The molecule has 0 bridgehead atoms. The Balaban J connectivity index is 1.53. The number of nitrogens with zero attached hydrogens (tertiary/aromatic N) is 2. The summed E-state index contributed by atoms with van der Waals surface area (Å²) < 4.78 is 11.1. The Bertz CT molecular complexity index is 541. The molecule has 1 aromatic carbocycles. The van der Waals surface area contributed by atoms with E-state index in [0.717, 1.165) is 37.7 Å². The van der Waals surface area contributed by atoms with Gasteiger partial charge in [0.2, 0.25) is 6.79 Å². The van der Waals surface area contributed by atoms with Crippen molar-refractivity contribution >= 4 is 0 Å². The molecule has 5 heteroatoms. The zero-order valence-corrected chi connectivity index (χ0v) is 13.3. The molecule has 3 aliphatic heterocycles. The lowest BCUT2D eigenvalue weighted by molar-refractivity contribution is 0.0917. The highest BCUT2D eigenvalue weighted by molar-refractivity contribution is 5.50. The lowest BCUT2D eigenvalue weighted by Gasteiger charge is -2.41. The lowest BCUT2D eigenvalue weighted by atomic mass is 9.94. The summed E-state index contributed by atoms with van der Waals surface area (Å²) in [6, 6.07) is 4.83. The summed E-state index contributed by atoms with van der Waals surface area (Å²) in [6.45, 7) is 10.5. The van der Waals surface area contributed by atoms with Crippen LogP contribution in [0.25, 0.3) is 0 Å². The Hall–Kier alpha value is -1.30. The van der Waals surface area contributed by atoms with Gasteiger partial charge in [-0.1, -0.05) is 6.92 Å². The third-order valence-corrected chi connectivity index (χ3v) is 5.03. The lowest BCUT2D eigenvalue weighted by Crippen LogP contribution is -2.50. The monoisotopic (exact) mass is 303 g/mol. The maximum atomic E-state index is 5.58. The summed E-state index contributed by atoms with van der Waals surface area (Å²) in [5, 5.41) is 3.56. The van der Waals surface area contributed by atoms with E-state index < -0.39 is 0 Å². The van der Waals surface area contributed by atoms with Crippen molar-refractivity contribution in [2.45, 2.75) is 25.9 Å². The number of fused-ring (bicyclic) bond motifs is 2. The van der Waals surface area contributed by atoms with Gasteiger partial charge in [0.15, 0.2) is 11.5 Å². The van der Waals surface area contributed by atoms with Crippen LogP contribution in [0.3, 0.4) is 0 Å². The molecule has 1 N–H and O–H groups in total. The first-order chi connectivity index (χ1) is 10.8. The number of ether oxygens (including phenoxy) is 2. The Kier molecular flexibility index (Phi) is 3.94. The van der Waals surface area contributed by atoms with Crippen LogP contribution in [0.5, 0.6) is 11.5 Å². The average molecular weight is 303 g/mol. The van der Waals surface area contributed by atoms with Gasteiger partial charge in [0.05, 0.1) is 0 Å². The summed E-state index contributed by atoms with van der Waals surface area (Å²) >= 11 is 0. The smallest absolute Gasteiger partial charge is 0.231 e. The number of benzene rings is 1. The zero-order chi connectivity index (χ0) is 14.9. The molecule has 1 atom stereocenters. The summed E-state index contributed by atoms with van der Waals surface area (Å²) in [6.07, 6.45) is 1.25. The van der Waals surface area contributed by atoms with Crippen LogP contribution in [-0.2, 0) is 6.54 Å². The fourth-order valence-corrected chi connectivity index (χ4v) is 3.86. The van der Waals surface area contributed by atoms with E-state index in [2.05, 4.69) is 34.2 Å². The summed E-state index contributed by atoms with van der Waals surface area (Å²) in [7, 11) is 0. The topological polar surface area (TPSA) is 37.0 Å². The summed E-state index contributed by atoms with van der Waals surface area (Å²) in [5.74, 6) is 1.81.